The molecule has 0 unspecified atom stereocenters. The largest absolute Gasteiger partial charge is 0.353 e. The molecule has 0 aliphatic carbocycles. The van der Waals surface area contributed by atoms with Gasteiger partial charge in [0.1, 0.15) is 5.72 Å². The van der Waals surface area contributed by atoms with Crippen LogP contribution in [0.4, 0.5) is 0 Å². The van der Waals surface area contributed by atoms with E-state index in [1.54, 1.807) is 0 Å². The summed E-state index contributed by atoms with van der Waals surface area (Å²) >= 11 is 0. The number of ether oxygens (including phenoxy) is 1. The first kappa shape index (κ1) is 16.1. The maximum Gasteiger partial charge on any atom is 0.230 e. The van der Waals surface area contributed by atoms with Gasteiger partial charge in [-0.15, -0.1) is 0 Å². The lowest BCUT2D eigenvalue weighted by molar-refractivity contribution is -0.141. The van der Waals surface area contributed by atoms with Gasteiger partial charge in [-0.25, -0.2) is 0 Å². The van der Waals surface area contributed by atoms with Crippen LogP contribution in [0.25, 0.3) is 0 Å². The van der Waals surface area contributed by atoms with Gasteiger partial charge in [0.15, 0.2) is 0 Å². The number of amides is 1. The number of hydrogen-bond donors (Lipinski definition) is 0. The smallest absolute Gasteiger partial charge is 0.230 e. The Hall–Kier alpha value is -1.39. The highest BCUT2D eigenvalue weighted by Crippen LogP contribution is 2.51. The van der Waals surface area contributed by atoms with Gasteiger partial charge in [0.2, 0.25) is 5.91 Å². The van der Waals surface area contributed by atoms with Crippen molar-refractivity contribution in [1.82, 2.24) is 9.80 Å². The van der Waals surface area contributed by atoms with Crippen LogP contribution in [-0.4, -0.2) is 47.2 Å². The molecule has 24 heavy (non-hydrogen) atoms. The van der Waals surface area contributed by atoms with Gasteiger partial charge in [0, 0.05) is 25.0 Å². The zero-order chi connectivity index (χ0) is 17.1. The molecule has 4 heteroatoms. The average Bonchev–Trinajstić information content (AvgIpc) is 3.21. The number of benzene rings is 1. The van der Waals surface area contributed by atoms with Crippen molar-refractivity contribution in [3.05, 3.63) is 35.9 Å². The van der Waals surface area contributed by atoms with Crippen molar-refractivity contribution in [2.75, 3.05) is 19.7 Å². The topological polar surface area (TPSA) is 32.8 Å². The summed E-state index contributed by atoms with van der Waals surface area (Å²) in [7, 11) is 0. The fourth-order valence-corrected chi connectivity index (χ4v) is 4.95. The van der Waals surface area contributed by atoms with Crippen molar-refractivity contribution in [1.29, 1.82) is 0 Å². The summed E-state index contributed by atoms with van der Waals surface area (Å²) in [4.78, 5) is 17.6. The number of hydrogen-bond acceptors (Lipinski definition) is 3. The molecule has 3 aliphatic heterocycles. The number of fused-ring (bicyclic) bond motifs is 3. The molecule has 0 aromatic heterocycles. The van der Waals surface area contributed by atoms with Crippen LogP contribution >= 0.6 is 0 Å². The Morgan fingerprint density at radius 1 is 1.17 bits per heavy atom. The Morgan fingerprint density at radius 3 is 2.54 bits per heavy atom. The number of carbonyl (C=O) groups is 1. The summed E-state index contributed by atoms with van der Waals surface area (Å²) in [6, 6.07) is 11.1. The van der Waals surface area contributed by atoms with E-state index in [9.17, 15) is 4.79 Å². The Labute approximate surface area is 144 Å². The van der Waals surface area contributed by atoms with Crippen molar-refractivity contribution in [3.8, 4) is 0 Å². The monoisotopic (exact) mass is 328 g/mol. The standard InChI is InChI=1S/C20H28N2O2/c1-13(2)18-12-24-20(4)17-11-21(10-16(17)19(23)22(18)20)14(3)15-8-6-5-7-9-15/h5-9,13-14,16-18H,10-12H2,1-4H3/t14-,16+,17-,18-,20-/m1/s1. The van der Waals surface area contributed by atoms with Crippen molar-refractivity contribution in [2.45, 2.75) is 45.5 Å². The second kappa shape index (κ2) is 5.57. The molecule has 4 rings (SSSR count). The van der Waals surface area contributed by atoms with Crippen LogP contribution in [0.15, 0.2) is 30.3 Å². The van der Waals surface area contributed by atoms with Crippen molar-refractivity contribution < 1.29 is 9.53 Å². The molecule has 4 nitrogen and oxygen atoms in total. The average molecular weight is 328 g/mol. The molecule has 3 heterocycles. The Balaban J connectivity index is 1.57. The number of likely N-dealkylation sites (tertiary alicyclic amines) is 1. The zero-order valence-electron chi connectivity index (χ0n) is 15.1. The molecule has 3 aliphatic rings. The van der Waals surface area contributed by atoms with Crippen LogP contribution in [-0.2, 0) is 9.53 Å². The predicted molar refractivity (Wildman–Crippen MR) is 93.2 cm³/mol. The molecule has 0 saturated carbocycles. The fraction of sp³-hybridized carbons (Fsp3) is 0.650. The second-order valence-corrected chi connectivity index (χ2v) is 8.14. The van der Waals surface area contributed by atoms with Gasteiger partial charge in [0.25, 0.3) is 0 Å². The highest BCUT2D eigenvalue weighted by Gasteiger charge is 2.65. The van der Waals surface area contributed by atoms with Gasteiger partial charge in [0.05, 0.1) is 18.6 Å². The van der Waals surface area contributed by atoms with Gasteiger partial charge in [-0.1, -0.05) is 44.2 Å². The molecule has 1 aromatic rings. The van der Waals surface area contributed by atoms with E-state index < -0.39 is 5.72 Å². The highest BCUT2D eigenvalue weighted by atomic mass is 16.5. The molecule has 3 saturated heterocycles. The van der Waals surface area contributed by atoms with Crippen molar-refractivity contribution >= 4 is 5.91 Å². The first-order valence-electron chi connectivity index (χ1n) is 9.19. The zero-order valence-corrected chi connectivity index (χ0v) is 15.1. The van der Waals surface area contributed by atoms with E-state index in [4.69, 9.17) is 4.74 Å². The van der Waals surface area contributed by atoms with Crippen molar-refractivity contribution in [2.24, 2.45) is 17.8 Å². The third-order valence-corrected chi connectivity index (χ3v) is 6.55. The van der Waals surface area contributed by atoms with E-state index >= 15 is 0 Å². The number of rotatable bonds is 3. The summed E-state index contributed by atoms with van der Waals surface area (Å²) in [5.41, 5.74) is 0.904. The molecule has 0 spiro atoms. The highest BCUT2D eigenvalue weighted by molar-refractivity contribution is 5.84. The Kier molecular flexibility index (Phi) is 3.73. The van der Waals surface area contributed by atoms with Crippen LogP contribution in [0.1, 0.15) is 39.3 Å². The lowest BCUT2D eigenvalue weighted by Crippen LogP contribution is -2.49. The Morgan fingerprint density at radius 2 is 1.88 bits per heavy atom. The number of nitrogens with zero attached hydrogens (tertiary/aromatic N) is 2. The van der Waals surface area contributed by atoms with E-state index in [-0.39, 0.29) is 17.9 Å². The molecule has 0 radical (unpaired) electrons. The van der Waals surface area contributed by atoms with Crippen molar-refractivity contribution in [3.63, 3.8) is 0 Å². The lowest BCUT2D eigenvalue weighted by Gasteiger charge is -2.36. The van der Waals surface area contributed by atoms with Crippen LogP contribution in [0.5, 0.6) is 0 Å². The van der Waals surface area contributed by atoms with Gasteiger partial charge < -0.3 is 9.64 Å². The Bertz CT molecular complexity index is 632. The molecule has 1 amide bonds. The fourth-order valence-electron chi connectivity index (χ4n) is 4.95. The summed E-state index contributed by atoms with van der Waals surface area (Å²) in [6.07, 6.45) is 0. The van der Waals surface area contributed by atoms with E-state index in [0.717, 1.165) is 13.1 Å². The third-order valence-electron chi connectivity index (χ3n) is 6.55. The van der Waals surface area contributed by atoms with Gasteiger partial charge in [-0.05, 0) is 25.3 Å². The van der Waals surface area contributed by atoms with Crippen LogP contribution < -0.4 is 0 Å². The SMILES string of the molecule is CC(C)[C@H]1CO[C@]2(C)[C@@H]3CN([C@H](C)c4ccccc4)C[C@@H]3C(=O)N12. The first-order chi connectivity index (χ1) is 11.4. The molecular weight excluding hydrogens is 300 g/mol. The van der Waals surface area contributed by atoms with Crippen LogP contribution in [0.3, 0.4) is 0 Å². The predicted octanol–water partition coefficient (Wildman–Crippen LogP) is 2.91. The summed E-state index contributed by atoms with van der Waals surface area (Å²) < 4.78 is 6.23. The molecule has 0 N–H and O–H groups in total. The minimum Gasteiger partial charge on any atom is -0.353 e. The quantitative estimate of drug-likeness (QED) is 0.855. The first-order valence-corrected chi connectivity index (χ1v) is 9.19. The molecule has 0 bridgehead atoms. The second-order valence-electron chi connectivity index (χ2n) is 8.14. The van der Waals surface area contributed by atoms with E-state index in [2.05, 4.69) is 67.8 Å². The van der Waals surface area contributed by atoms with E-state index in [1.807, 2.05) is 0 Å². The molecule has 1 aromatic carbocycles. The third kappa shape index (κ3) is 2.16. The van der Waals surface area contributed by atoms with E-state index in [1.165, 1.54) is 5.56 Å². The minimum absolute atomic E-state index is 0.0858. The molecule has 5 atom stereocenters. The summed E-state index contributed by atoms with van der Waals surface area (Å²) in [6.45, 7) is 11.2. The maximum atomic E-state index is 13.1. The van der Waals surface area contributed by atoms with Gasteiger partial charge >= 0.3 is 0 Å². The van der Waals surface area contributed by atoms with Crippen LogP contribution in [0, 0.1) is 17.8 Å². The van der Waals surface area contributed by atoms with Crippen LogP contribution in [0.2, 0.25) is 0 Å². The normalized spacial score (nSPS) is 37.1. The summed E-state index contributed by atoms with van der Waals surface area (Å²) in [5.74, 6) is 1.11. The minimum atomic E-state index is -0.415. The van der Waals surface area contributed by atoms with E-state index in [0.29, 0.717) is 24.5 Å². The maximum absolute atomic E-state index is 13.1. The van der Waals surface area contributed by atoms with Gasteiger partial charge in [-0.2, -0.15) is 0 Å². The lowest BCUT2D eigenvalue weighted by atomic mass is 9.92. The summed E-state index contributed by atoms with van der Waals surface area (Å²) in [5, 5.41) is 0. The molecule has 130 valence electrons. The van der Waals surface area contributed by atoms with Gasteiger partial charge in [-0.3, -0.25) is 9.69 Å². The molecule has 3 fully saturated rings. The molecular formula is C20H28N2O2. The number of carbonyl (C=O) groups excluding carboxylic acids is 1.